The Labute approximate surface area is 309 Å². The minimum Gasteiger partial charge on any atom is -0.370 e. The van der Waals surface area contributed by atoms with Crippen LogP contribution in [0.5, 0.6) is 0 Å². The summed E-state index contributed by atoms with van der Waals surface area (Å²) in [7, 11) is 1.54. The lowest BCUT2D eigenvalue weighted by Gasteiger charge is -2.40. The molecule has 3 aromatic heterocycles. The van der Waals surface area contributed by atoms with Gasteiger partial charge in [-0.05, 0) is 84.0 Å². The number of nitriles is 1. The summed E-state index contributed by atoms with van der Waals surface area (Å²) in [4.78, 5) is 37.0. The fraction of sp³-hybridized carbons (Fsp3) is 0.310. The molecule has 6 aromatic rings. The van der Waals surface area contributed by atoms with Gasteiger partial charge in [0.05, 0.1) is 36.0 Å². The van der Waals surface area contributed by atoms with Crippen LogP contribution in [-0.4, -0.2) is 70.6 Å². The molecule has 2 bridgehead atoms. The van der Waals surface area contributed by atoms with Crippen LogP contribution in [0.3, 0.4) is 0 Å². The number of hydrogen-bond donors (Lipinski definition) is 2. The number of hydrogen-bond acceptors (Lipinski definition) is 7. The zero-order chi connectivity index (χ0) is 37.2. The van der Waals surface area contributed by atoms with Gasteiger partial charge in [-0.25, -0.2) is 13.8 Å². The first-order valence-electron chi connectivity index (χ1n) is 18.3. The molecule has 54 heavy (non-hydrogen) atoms. The first-order valence-corrected chi connectivity index (χ1v) is 18.3. The summed E-state index contributed by atoms with van der Waals surface area (Å²) in [6, 6.07) is 19.5. The normalized spacial score (nSPS) is 20.0. The zero-order valence-electron chi connectivity index (χ0n) is 29.8. The summed E-state index contributed by atoms with van der Waals surface area (Å²) < 4.78 is 40.3. The van der Waals surface area contributed by atoms with Gasteiger partial charge in [0.1, 0.15) is 23.6 Å². The third-order valence-electron chi connectivity index (χ3n) is 11.5. The number of aromatic nitrogens is 3. The highest BCUT2D eigenvalue weighted by atomic mass is 19.1. The third kappa shape index (κ3) is 5.33. The van der Waals surface area contributed by atoms with Gasteiger partial charge in [0, 0.05) is 66.4 Å². The van der Waals surface area contributed by atoms with Crippen molar-refractivity contribution in [3.8, 4) is 28.5 Å². The van der Waals surface area contributed by atoms with Crippen molar-refractivity contribution in [2.75, 3.05) is 33.4 Å². The highest BCUT2D eigenvalue weighted by molar-refractivity contribution is 6.12. The van der Waals surface area contributed by atoms with Crippen LogP contribution in [0.2, 0.25) is 0 Å². The summed E-state index contributed by atoms with van der Waals surface area (Å²) in [6.45, 7) is 3.75. The quantitative estimate of drug-likeness (QED) is 0.181. The first kappa shape index (κ1) is 34.0. The molecule has 0 unspecified atom stereocenters. The minimum atomic E-state index is -0.573. The maximum Gasteiger partial charge on any atom is 0.269 e. The number of fused-ring (bicyclic) bond motifs is 5. The molecule has 1 aliphatic carbocycles. The van der Waals surface area contributed by atoms with Crippen molar-refractivity contribution >= 4 is 44.4 Å². The molecule has 3 aliphatic heterocycles. The second kappa shape index (κ2) is 13.3. The Morgan fingerprint density at radius 2 is 2.00 bits per heavy atom. The molecule has 1 saturated carbocycles. The molecule has 6 heterocycles. The second-order valence-electron chi connectivity index (χ2n) is 14.4. The van der Waals surface area contributed by atoms with Gasteiger partial charge in [0.2, 0.25) is 5.91 Å². The fourth-order valence-corrected chi connectivity index (χ4v) is 8.89. The average molecular weight is 726 g/mol. The number of benzene rings is 3. The number of aryl methyl sites for hydroxylation is 1. The number of amides is 2. The lowest BCUT2D eigenvalue weighted by atomic mass is 9.79. The van der Waals surface area contributed by atoms with Crippen molar-refractivity contribution in [2.24, 2.45) is 5.92 Å². The van der Waals surface area contributed by atoms with E-state index in [0.29, 0.717) is 52.2 Å². The molecule has 2 amide bonds. The van der Waals surface area contributed by atoms with Gasteiger partial charge in [-0.1, -0.05) is 24.3 Å². The molecule has 10 nitrogen and oxygen atoms in total. The Bertz CT molecular complexity index is 2550. The van der Waals surface area contributed by atoms with Crippen molar-refractivity contribution in [2.45, 2.75) is 44.3 Å². The standard InChI is InChI=1S/C42H37F2N7O3/c1-22(50-13-14-54-21-35(50)52)34-18-31-38(25-9-11-32(47-19-25)42(53)46-2)49-39-30(41(31)51(34)40-26-16-33(40)48-20-26)15-24(6-4-12-45)36(37(39)44)28-7-3-5-23-8-10-27(43)17-29(23)28/h3,5,7-11,15,17-19,22,26,33,40,48H,4,6,13-14,16,20-21H2,1-2H3,(H,46,53)/t22-,26-,33-,40+/m1/s1. The molecule has 0 radical (unpaired) electrons. The molecule has 12 heteroatoms. The smallest absolute Gasteiger partial charge is 0.269 e. The van der Waals surface area contributed by atoms with Crippen LogP contribution < -0.4 is 10.6 Å². The number of pyridine rings is 2. The van der Waals surface area contributed by atoms with Crippen molar-refractivity contribution in [1.82, 2.24) is 30.1 Å². The van der Waals surface area contributed by atoms with Crippen molar-refractivity contribution < 1.29 is 23.1 Å². The van der Waals surface area contributed by atoms with Crippen LogP contribution >= 0.6 is 0 Å². The van der Waals surface area contributed by atoms with E-state index in [1.807, 2.05) is 30.0 Å². The van der Waals surface area contributed by atoms with Gasteiger partial charge in [0.15, 0.2) is 5.82 Å². The number of rotatable bonds is 8. The number of ether oxygens (including phenoxy) is 1. The van der Waals surface area contributed by atoms with Crippen LogP contribution in [0.15, 0.2) is 66.9 Å². The van der Waals surface area contributed by atoms with E-state index in [1.54, 1.807) is 30.5 Å². The second-order valence-corrected chi connectivity index (χ2v) is 14.4. The monoisotopic (exact) mass is 725 g/mol. The zero-order valence-corrected chi connectivity index (χ0v) is 29.8. The molecule has 4 aliphatic rings. The summed E-state index contributed by atoms with van der Waals surface area (Å²) in [5.74, 6) is -1.11. The van der Waals surface area contributed by atoms with Crippen LogP contribution in [0.1, 0.15) is 53.6 Å². The van der Waals surface area contributed by atoms with Gasteiger partial charge in [-0.2, -0.15) is 5.26 Å². The summed E-state index contributed by atoms with van der Waals surface area (Å²) in [6.07, 6.45) is 3.00. The summed E-state index contributed by atoms with van der Waals surface area (Å²) in [5, 5.41) is 18.6. The van der Waals surface area contributed by atoms with E-state index in [-0.39, 0.29) is 66.2 Å². The lowest BCUT2D eigenvalue weighted by Crippen LogP contribution is -2.45. The van der Waals surface area contributed by atoms with Gasteiger partial charge in [0.25, 0.3) is 5.91 Å². The molecule has 4 fully saturated rings. The SMILES string of the molecule is CNC(=O)c1ccc(-c2nc3c(F)c(-c4cccc5ccc(F)cc45)c(CCC#N)cc3c3c2cc([C@@H](C)N2CCOCC2=O)n3[C@H]2[C@H]3CN[C@@H]2C3)cn1. The molecule has 10 rings (SSSR count). The van der Waals surface area contributed by atoms with E-state index in [4.69, 9.17) is 9.72 Å². The molecule has 0 spiro atoms. The summed E-state index contributed by atoms with van der Waals surface area (Å²) in [5.41, 5.74) is 4.50. The molecule has 272 valence electrons. The van der Waals surface area contributed by atoms with E-state index in [2.05, 4.69) is 32.3 Å². The van der Waals surface area contributed by atoms with Crippen LogP contribution in [0, 0.1) is 28.9 Å². The fourth-order valence-electron chi connectivity index (χ4n) is 8.89. The Kier molecular flexibility index (Phi) is 8.36. The van der Waals surface area contributed by atoms with Crippen LogP contribution in [-0.2, 0) is 16.0 Å². The molecule has 3 aromatic carbocycles. The Morgan fingerprint density at radius 1 is 1.13 bits per heavy atom. The highest BCUT2D eigenvalue weighted by Gasteiger charge is 2.49. The molecule has 4 atom stereocenters. The van der Waals surface area contributed by atoms with Crippen molar-refractivity contribution in [1.29, 1.82) is 5.26 Å². The maximum absolute atomic E-state index is 17.8. The van der Waals surface area contributed by atoms with Crippen LogP contribution in [0.25, 0.3) is 55.0 Å². The lowest BCUT2D eigenvalue weighted by molar-refractivity contribution is -0.145. The molecule has 2 N–H and O–H groups in total. The first-order chi connectivity index (χ1) is 26.3. The number of carbonyl (C=O) groups is 2. The number of halogens is 2. The van der Waals surface area contributed by atoms with Gasteiger partial charge in [-0.3, -0.25) is 14.6 Å². The van der Waals surface area contributed by atoms with E-state index < -0.39 is 11.6 Å². The molecular weight excluding hydrogens is 689 g/mol. The number of carbonyl (C=O) groups excluding carboxylic acids is 2. The van der Waals surface area contributed by atoms with E-state index in [0.717, 1.165) is 34.9 Å². The van der Waals surface area contributed by atoms with Gasteiger partial charge < -0.3 is 24.8 Å². The number of nitrogens with one attached hydrogen (secondary N) is 2. The predicted molar refractivity (Wildman–Crippen MR) is 201 cm³/mol. The maximum atomic E-state index is 17.8. The van der Waals surface area contributed by atoms with Gasteiger partial charge in [-0.15, -0.1) is 0 Å². The highest BCUT2D eigenvalue weighted by Crippen LogP contribution is 2.50. The topological polar surface area (TPSA) is 125 Å². The van der Waals surface area contributed by atoms with Crippen molar-refractivity contribution in [3.63, 3.8) is 0 Å². The minimum absolute atomic E-state index is 0.00814. The van der Waals surface area contributed by atoms with E-state index in [9.17, 15) is 19.2 Å². The third-order valence-corrected chi connectivity index (χ3v) is 11.5. The summed E-state index contributed by atoms with van der Waals surface area (Å²) >= 11 is 0. The van der Waals surface area contributed by atoms with Crippen LogP contribution in [0.4, 0.5) is 8.78 Å². The Hall–Kier alpha value is -5.77. The number of morpholine rings is 1. The Balaban J connectivity index is 1.39. The average Bonchev–Trinajstić information content (AvgIpc) is 3.94. The number of nitrogens with zero attached hydrogens (tertiary/aromatic N) is 5. The molecular formula is C42H37F2N7O3. The van der Waals surface area contributed by atoms with E-state index >= 15 is 4.39 Å². The Morgan fingerprint density at radius 3 is 2.72 bits per heavy atom. The van der Waals surface area contributed by atoms with E-state index in [1.165, 1.54) is 19.2 Å². The van der Waals surface area contributed by atoms with Gasteiger partial charge >= 0.3 is 0 Å². The largest absolute Gasteiger partial charge is 0.370 e. The van der Waals surface area contributed by atoms with Crippen molar-refractivity contribution in [3.05, 3.63) is 95.4 Å². The predicted octanol–water partition coefficient (Wildman–Crippen LogP) is 6.62. The molecule has 3 saturated heterocycles.